The fraction of sp³-hybridized carbons (Fsp3) is 0.818. The molecule has 15 atom stereocenters. The molecule has 4 aliphatic rings. The van der Waals surface area contributed by atoms with Gasteiger partial charge >= 0.3 is 5.97 Å². The Balaban J connectivity index is 1.78. The van der Waals surface area contributed by atoms with E-state index in [1.54, 1.807) is 33.8 Å². The molecule has 2 bridgehead atoms. The highest BCUT2D eigenvalue weighted by Crippen LogP contribution is 2.39. The van der Waals surface area contributed by atoms with Crippen LogP contribution in [0.5, 0.6) is 0 Å². The molecule has 0 aromatic carbocycles. The zero-order valence-corrected chi connectivity index (χ0v) is 36.2. The Kier molecular flexibility index (Phi) is 17.6. The summed E-state index contributed by atoms with van der Waals surface area (Å²) in [5.74, 6) is -8.90. The maximum Gasteiger partial charge on any atom is 0.329 e. The number of halogens is 1. The molecule has 0 spiro atoms. The molecule has 330 valence electrons. The van der Waals surface area contributed by atoms with E-state index in [1.807, 2.05) is 26.8 Å². The number of piperidine rings is 1. The topological polar surface area (TPSA) is 184 Å². The highest BCUT2D eigenvalue weighted by Gasteiger charge is 2.57. The number of nitrogens with two attached hydrogens (primary N) is 1. The Morgan fingerprint density at radius 2 is 1.69 bits per heavy atom. The number of amides is 1. The molecule has 0 aromatic rings. The van der Waals surface area contributed by atoms with E-state index in [0.29, 0.717) is 43.4 Å². The van der Waals surface area contributed by atoms with E-state index in [4.69, 9.17) is 29.4 Å². The van der Waals surface area contributed by atoms with Gasteiger partial charge in [0.2, 0.25) is 5.79 Å². The smallest absolute Gasteiger partial charge is 0.329 e. The number of Topliss-reactive ketones (excluding diaryl/α,β-unsaturated/α-hetero) is 2. The highest BCUT2D eigenvalue weighted by atomic mass is 19.1. The van der Waals surface area contributed by atoms with Gasteiger partial charge in [0, 0.05) is 57.6 Å². The van der Waals surface area contributed by atoms with E-state index in [0.717, 1.165) is 17.7 Å². The van der Waals surface area contributed by atoms with E-state index in [2.05, 4.69) is 0 Å². The first-order chi connectivity index (χ1) is 27.4. The zero-order valence-electron chi connectivity index (χ0n) is 36.2. The van der Waals surface area contributed by atoms with Crippen molar-refractivity contribution in [3.63, 3.8) is 0 Å². The Labute approximate surface area is 344 Å². The molecule has 1 saturated carbocycles. The number of methoxy groups -OCH3 is 2. The number of cyclic esters (lactones) is 1. The van der Waals surface area contributed by atoms with E-state index >= 15 is 4.39 Å². The van der Waals surface area contributed by atoms with E-state index in [-0.39, 0.29) is 56.1 Å². The van der Waals surface area contributed by atoms with Gasteiger partial charge in [0.15, 0.2) is 0 Å². The standard InChI is InChI=1S/C44H71FN2O11/c1-10-30-19-24(3)38(45)25(4)20-36(54-8)40-37(55-9)21-27(6)44(53,58-40)41(50)42(51)47-17-13-12-14-32(47)43(52)57-39(28(7)33(48)23-34(30)49)26(5)18-29-15-16-31(46)35(22-29)56-11-2/h18-19,25,27-33,35-40,48,53H,10-17,20-23,46H2,1-9H3. The van der Waals surface area contributed by atoms with Gasteiger partial charge in [-0.15, -0.1) is 0 Å². The molecule has 3 fully saturated rings. The minimum atomic E-state index is -2.59. The second kappa shape index (κ2) is 21.3. The third-order valence-electron chi connectivity index (χ3n) is 13.3. The number of alkyl halides is 1. The van der Waals surface area contributed by atoms with Crippen molar-refractivity contribution in [1.82, 2.24) is 4.90 Å². The number of aliphatic hydroxyl groups is 2. The number of carbonyl (C=O) groups is 4. The van der Waals surface area contributed by atoms with Crippen molar-refractivity contribution in [2.45, 2.75) is 173 Å². The van der Waals surface area contributed by atoms with Crippen LogP contribution < -0.4 is 5.73 Å². The fourth-order valence-corrected chi connectivity index (χ4v) is 9.49. The van der Waals surface area contributed by atoms with Crippen LogP contribution in [0.4, 0.5) is 4.39 Å². The summed E-state index contributed by atoms with van der Waals surface area (Å²) in [5.41, 5.74) is 7.36. The van der Waals surface area contributed by atoms with Crippen molar-refractivity contribution in [3.05, 3.63) is 23.3 Å². The number of hydrogen-bond donors (Lipinski definition) is 3. The van der Waals surface area contributed by atoms with Crippen LogP contribution in [0.2, 0.25) is 0 Å². The van der Waals surface area contributed by atoms with Crippen molar-refractivity contribution in [3.8, 4) is 0 Å². The summed E-state index contributed by atoms with van der Waals surface area (Å²) in [7, 11) is 2.89. The summed E-state index contributed by atoms with van der Waals surface area (Å²) < 4.78 is 46.1. The average molecular weight is 823 g/mol. The summed E-state index contributed by atoms with van der Waals surface area (Å²) in [4.78, 5) is 57.7. The fourth-order valence-electron chi connectivity index (χ4n) is 9.49. The van der Waals surface area contributed by atoms with Crippen LogP contribution in [0.15, 0.2) is 23.3 Å². The van der Waals surface area contributed by atoms with Gasteiger partial charge in [-0.3, -0.25) is 14.4 Å². The molecule has 3 aliphatic heterocycles. The van der Waals surface area contributed by atoms with E-state index < -0.39 is 89.9 Å². The van der Waals surface area contributed by atoms with Crippen molar-refractivity contribution in [2.24, 2.45) is 35.3 Å². The van der Waals surface area contributed by atoms with Crippen LogP contribution in [0.25, 0.3) is 0 Å². The lowest BCUT2D eigenvalue weighted by Gasteiger charge is -2.47. The summed E-state index contributed by atoms with van der Waals surface area (Å²) >= 11 is 0. The summed E-state index contributed by atoms with van der Waals surface area (Å²) in [5, 5.41) is 23.7. The molecule has 14 heteroatoms. The quantitative estimate of drug-likeness (QED) is 0.182. The molecule has 58 heavy (non-hydrogen) atoms. The minimum Gasteiger partial charge on any atom is -0.456 e. The number of ketones is 2. The molecule has 13 nitrogen and oxygen atoms in total. The molecule has 1 amide bonds. The van der Waals surface area contributed by atoms with Crippen LogP contribution in [0, 0.1) is 29.6 Å². The van der Waals surface area contributed by atoms with E-state index in [9.17, 15) is 29.4 Å². The van der Waals surface area contributed by atoms with Gasteiger partial charge in [0.1, 0.15) is 30.2 Å². The second-order valence-electron chi connectivity index (χ2n) is 17.4. The zero-order chi connectivity index (χ0) is 43.1. The van der Waals surface area contributed by atoms with Gasteiger partial charge in [0.25, 0.3) is 11.7 Å². The van der Waals surface area contributed by atoms with Crippen LogP contribution in [-0.2, 0) is 42.9 Å². The van der Waals surface area contributed by atoms with Gasteiger partial charge in [-0.2, -0.15) is 0 Å². The van der Waals surface area contributed by atoms with Crippen LogP contribution in [-0.4, -0.2) is 127 Å². The van der Waals surface area contributed by atoms with Crippen LogP contribution in [0.1, 0.15) is 113 Å². The number of hydrogen-bond acceptors (Lipinski definition) is 12. The minimum absolute atomic E-state index is 0.0441. The Morgan fingerprint density at radius 3 is 2.33 bits per heavy atom. The van der Waals surface area contributed by atoms with Gasteiger partial charge in [-0.25, -0.2) is 9.18 Å². The van der Waals surface area contributed by atoms with Crippen molar-refractivity contribution >= 4 is 23.4 Å². The number of esters is 1. The first-order valence-corrected chi connectivity index (χ1v) is 21.5. The first kappa shape index (κ1) is 48.1. The maximum absolute atomic E-state index is 16.2. The largest absolute Gasteiger partial charge is 0.456 e. The van der Waals surface area contributed by atoms with Gasteiger partial charge < -0.3 is 44.5 Å². The summed E-state index contributed by atoms with van der Waals surface area (Å²) in [6.45, 7) is 12.8. The molecule has 15 unspecified atom stereocenters. The molecule has 0 radical (unpaired) electrons. The molecule has 3 heterocycles. The van der Waals surface area contributed by atoms with Crippen molar-refractivity contribution in [2.75, 3.05) is 27.4 Å². The Hall–Kier alpha value is -2.59. The lowest BCUT2D eigenvalue weighted by molar-refractivity contribution is -0.302. The molecule has 4 N–H and O–H groups in total. The number of aliphatic hydroxyl groups excluding tert-OH is 1. The van der Waals surface area contributed by atoms with Crippen molar-refractivity contribution in [1.29, 1.82) is 0 Å². The van der Waals surface area contributed by atoms with Crippen molar-refractivity contribution < 1.29 is 57.5 Å². The number of carbonyl (C=O) groups excluding carboxylic acids is 4. The molecule has 0 aromatic heterocycles. The second-order valence-corrected chi connectivity index (χ2v) is 17.4. The Bertz CT molecular complexity index is 1490. The Morgan fingerprint density at radius 1 is 1.02 bits per heavy atom. The summed E-state index contributed by atoms with van der Waals surface area (Å²) in [6.07, 6.45) is 0.992. The summed E-state index contributed by atoms with van der Waals surface area (Å²) in [6, 6.07) is -1.26. The third kappa shape index (κ3) is 11.0. The predicted molar refractivity (Wildman–Crippen MR) is 215 cm³/mol. The van der Waals surface area contributed by atoms with Gasteiger partial charge in [0.05, 0.1) is 24.4 Å². The van der Waals surface area contributed by atoms with Crippen LogP contribution in [0.3, 0.4) is 0 Å². The number of allylic oxidation sites excluding steroid dienone is 3. The maximum atomic E-state index is 16.2. The van der Waals surface area contributed by atoms with Crippen LogP contribution >= 0.6 is 0 Å². The normalized spacial score (nSPS) is 40.9. The number of fused-ring (bicyclic) bond motifs is 3. The molecular formula is C44H71FN2O11. The highest BCUT2D eigenvalue weighted by molar-refractivity contribution is 6.39. The molecule has 1 aliphatic carbocycles. The predicted octanol–water partition coefficient (Wildman–Crippen LogP) is 4.78. The third-order valence-corrected chi connectivity index (χ3v) is 13.3. The number of rotatable bonds is 7. The molecular weight excluding hydrogens is 751 g/mol. The number of ether oxygens (including phenoxy) is 5. The molecule has 4 rings (SSSR count). The van der Waals surface area contributed by atoms with E-state index in [1.165, 1.54) is 14.2 Å². The monoisotopic (exact) mass is 823 g/mol. The lowest BCUT2D eigenvalue weighted by atomic mass is 9.81. The van der Waals surface area contributed by atoms with Gasteiger partial charge in [-0.1, -0.05) is 39.8 Å². The number of nitrogens with zero attached hydrogens (tertiary/aromatic N) is 1. The lowest BCUT2D eigenvalue weighted by Crippen LogP contribution is -2.64. The first-order valence-electron chi connectivity index (χ1n) is 21.5. The average Bonchev–Trinajstić information content (AvgIpc) is 3.21. The van der Waals surface area contributed by atoms with Gasteiger partial charge in [-0.05, 0) is 102 Å². The molecule has 2 saturated heterocycles. The SMILES string of the molecule is CCOC1CC(C=C(C)C2OC(=O)C3CCCCN3C(=O)C(=O)C3(O)OC(C(OC)CC(C)C(F)C(C)=CC(CC)C(=O)CC(O)C2C)C(OC)CC3C)CCC1N.